The van der Waals surface area contributed by atoms with Crippen molar-refractivity contribution in [3.05, 3.63) is 111 Å². The molecule has 140 valence electrons. The van der Waals surface area contributed by atoms with Crippen molar-refractivity contribution in [1.29, 1.82) is 0 Å². The Kier molecular flexibility index (Phi) is 5.17. The van der Waals surface area contributed by atoms with Crippen LogP contribution in [0.3, 0.4) is 0 Å². The molecule has 0 saturated carbocycles. The van der Waals surface area contributed by atoms with Crippen LogP contribution in [0.4, 0.5) is 5.69 Å². The van der Waals surface area contributed by atoms with Crippen LogP contribution in [-0.4, -0.2) is 27.1 Å². The van der Waals surface area contributed by atoms with Crippen molar-refractivity contribution in [1.82, 2.24) is 0 Å². The van der Waals surface area contributed by atoms with Gasteiger partial charge >= 0.3 is 11.9 Å². The minimum atomic E-state index is -1.04. The van der Waals surface area contributed by atoms with Gasteiger partial charge in [0.2, 0.25) is 0 Å². The number of carboxylic acid groups (broad SMARTS) is 2. The lowest BCUT2D eigenvalue weighted by molar-refractivity contribution is -0.384. The Balaban J connectivity index is 2.08. The largest absolute Gasteiger partial charge is 0.478 e. The number of benzene rings is 3. The van der Waals surface area contributed by atoms with Crippen LogP contribution in [0.5, 0.6) is 0 Å². The highest BCUT2D eigenvalue weighted by atomic mass is 16.6. The van der Waals surface area contributed by atoms with Gasteiger partial charge in [0.15, 0.2) is 0 Å². The number of hydrogen-bond donors (Lipinski definition) is 2. The van der Waals surface area contributed by atoms with Gasteiger partial charge in [-0.15, -0.1) is 0 Å². The van der Waals surface area contributed by atoms with Crippen molar-refractivity contribution in [2.45, 2.75) is 5.92 Å². The van der Waals surface area contributed by atoms with Gasteiger partial charge in [0.05, 0.1) is 16.1 Å². The SMILES string of the molecule is O=C(O)c1ccc(C(c2ccc(C(=O)O)cc2)c2ccc([N+](=O)[O-])cc2)cc1. The lowest BCUT2D eigenvalue weighted by atomic mass is 9.84. The summed E-state index contributed by atoms with van der Waals surface area (Å²) in [4.78, 5) is 32.6. The zero-order valence-corrected chi connectivity index (χ0v) is 14.5. The number of nitro groups is 1. The van der Waals surface area contributed by atoms with E-state index in [-0.39, 0.29) is 22.7 Å². The van der Waals surface area contributed by atoms with Crippen molar-refractivity contribution in [3.8, 4) is 0 Å². The fourth-order valence-electron chi connectivity index (χ4n) is 3.00. The summed E-state index contributed by atoms with van der Waals surface area (Å²) in [6, 6.07) is 18.8. The molecule has 7 heteroatoms. The molecular formula is C21H15NO6. The molecule has 0 fully saturated rings. The highest BCUT2D eigenvalue weighted by Gasteiger charge is 2.19. The molecule has 3 aromatic rings. The van der Waals surface area contributed by atoms with E-state index in [1.807, 2.05) is 0 Å². The molecule has 0 spiro atoms. The summed E-state index contributed by atoms with van der Waals surface area (Å²) in [6.45, 7) is 0. The van der Waals surface area contributed by atoms with Gasteiger partial charge in [0.25, 0.3) is 5.69 Å². The quantitative estimate of drug-likeness (QED) is 0.378. The number of nitrogens with zero attached hydrogens (tertiary/aromatic N) is 1. The van der Waals surface area contributed by atoms with Crippen molar-refractivity contribution >= 4 is 17.6 Å². The number of carboxylic acids is 2. The van der Waals surface area contributed by atoms with E-state index in [9.17, 15) is 19.7 Å². The molecule has 0 unspecified atom stereocenters. The molecule has 0 bridgehead atoms. The second-order valence-electron chi connectivity index (χ2n) is 6.14. The van der Waals surface area contributed by atoms with Crippen molar-refractivity contribution in [3.63, 3.8) is 0 Å². The van der Waals surface area contributed by atoms with Crippen LogP contribution in [0.2, 0.25) is 0 Å². The van der Waals surface area contributed by atoms with E-state index in [0.29, 0.717) is 0 Å². The third-order valence-electron chi connectivity index (χ3n) is 4.42. The predicted octanol–water partition coefficient (Wildman–Crippen LogP) is 4.17. The van der Waals surface area contributed by atoms with E-state index in [2.05, 4.69) is 0 Å². The first kappa shape index (κ1) is 18.8. The molecule has 0 saturated heterocycles. The molecule has 0 heterocycles. The van der Waals surface area contributed by atoms with E-state index in [1.165, 1.54) is 36.4 Å². The van der Waals surface area contributed by atoms with E-state index < -0.39 is 16.9 Å². The smallest absolute Gasteiger partial charge is 0.335 e. The Morgan fingerprint density at radius 2 is 1.00 bits per heavy atom. The van der Waals surface area contributed by atoms with Gasteiger partial charge in [-0.05, 0) is 41.0 Å². The molecule has 3 rings (SSSR count). The second-order valence-corrected chi connectivity index (χ2v) is 6.14. The monoisotopic (exact) mass is 377 g/mol. The highest BCUT2D eigenvalue weighted by Crippen LogP contribution is 2.33. The van der Waals surface area contributed by atoms with Crippen LogP contribution in [0.15, 0.2) is 72.8 Å². The molecule has 0 aliphatic heterocycles. The molecule has 7 nitrogen and oxygen atoms in total. The molecule has 0 aliphatic carbocycles. The maximum Gasteiger partial charge on any atom is 0.335 e. The molecule has 0 atom stereocenters. The summed E-state index contributed by atoms with van der Waals surface area (Å²) in [5.41, 5.74) is 2.57. The average Bonchev–Trinajstić information content (AvgIpc) is 2.69. The first-order valence-electron chi connectivity index (χ1n) is 8.27. The number of hydrogen-bond acceptors (Lipinski definition) is 4. The van der Waals surface area contributed by atoms with Crippen LogP contribution in [0.25, 0.3) is 0 Å². The number of rotatable bonds is 6. The first-order valence-corrected chi connectivity index (χ1v) is 8.27. The van der Waals surface area contributed by atoms with Crippen LogP contribution in [-0.2, 0) is 0 Å². The van der Waals surface area contributed by atoms with Crippen LogP contribution < -0.4 is 0 Å². The summed E-state index contributed by atoms with van der Waals surface area (Å²) in [5.74, 6) is -2.42. The number of non-ortho nitro benzene ring substituents is 1. The normalized spacial score (nSPS) is 10.6. The van der Waals surface area contributed by atoms with Crippen molar-refractivity contribution in [2.75, 3.05) is 0 Å². The average molecular weight is 377 g/mol. The Morgan fingerprint density at radius 3 is 1.29 bits per heavy atom. The van der Waals surface area contributed by atoms with Gasteiger partial charge in [-0.3, -0.25) is 10.1 Å². The minimum absolute atomic E-state index is 0.0371. The molecule has 3 aromatic carbocycles. The minimum Gasteiger partial charge on any atom is -0.478 e. The lowest BCUT2D eigenvalue weighted by Gasteiger charge is -2.19. The molecule has 2 N–H and O–H groups in total. The van der Waals surface area contributed by atoms with Crippen molar-refractivity contribution in [2.24, 2.45) is 0 Å². The Hall–Kier alpha value is -4.00. The van der Waals surface area contributed by atoms with Crippen LogP contribution in [0, 0.1) is 10.1 Å². The third-order valence-corrected chi connectivity index (χ3v) is 4.42. The van der Waals surface area contributed by atoms with Gasteiger partial charge in [-0.2, -0.15) is 0 Å². The van der Waals surface area contributed by atoms with E-state index in [4.69, 9.17) is 10.2 Å². The molecule has 0 amide bonds. The standard InChI is InChI=1S/C21H15NO6/c23-20(24)16-5-1-13(2-6-16)19(14-3-7-17(8-4-14)21(25)26)15-9-11-18(12-10-15)22(27)28/h1-12,19H,(H,23,24)(H,25,26). The second kappa shape index (κ2) is 7.71. The highest BCUT2D eigenvalue weighted by molar-refractivity contribution is 5.88. The zero-order valence-electron chi connectivity index (χ0n) is 14.5. The summed E-state index contributed by atoms with van der Waals surface area (Å²) in [5, 5.41) is 29.1. The van der Waals surface area contributed by atoms with Gasteiger partial charge in [0, 0.05) is 18.1 Å². The van der Waals surface area contributed by atoms with E-state index >= 15 is 0 Å². The molecular weight excluding hydrogens is 362 g/mol. The van der Waals surface area contributed by atoms with E-state index in [1.54, 1.807) is 36.4 Å². The van der Waals surface area contributed by atoms with Gasteiger partial charge in [-0.25, -0.2) is 9.59 Å². The third kappa shape index (κ3) is 3.88. The molecule has 28 heavy (non-hydrogen) atoms. The number of carbonyl (C=O) groups is 2. The van der Waals surface area contributed by atoms with Gasteiger partial charge in [0.1, 0.15) is 0 Å². The fourth-order valence-corrected chi connectivity index (χ4v) is 3.00. The topological polar surface area (TPSA) is 118 Å². The predicted molar refractivity (Wildman–Crippen MR) is 101 cm³/mol. The zero-order chi connectivity index (χ0) is 20.3. The Bertz CT molecular complexity index is 887. The van der Waals surface area contributed by atoms with Gasteiger partial charge < -0.3 is 10.2 Å². The fraction of sp³-hybridized carbons (Fsp3) is 0.0476. The van der Waals surface area contributed by atoms with E-state index in [0.717, 1.165) is 16.7 Å². The lowest BCUT2D eigenvalue weighted by Crippen LogP contribution is -2.06. The first-order chi connectivity index (χ1) is 13.4. The molecule has 0 radical (unpaired) electrons. The van der Waals surface area contributed by atoms with Crippen molar-refractivity contribution < 1.29 is 24.7 Å². The maximum absolute atomic E-state index is 11.1. The van der Waals surface area contributed by atoms with Crippen LogP contribution in [0.1, 0.15) is 43.3 Å². The summed E-state index contributed by atoms with van der Waals surface area (Å²) in [6.07, 6.45) is 0. The summed E-state index contributed by atoms with van der Waals surface area (Å²) >= 11 is 0. The Labute approximate surface area is 159 Å². The van der Waals surface area contributed by atoms with Gasteiger partial charge in [-0.1, -0.05) is 36.4 Å². The summed E-state index contributed by atoms with van der Waals surface area (Å²) in [7, 11) is 0. The molecule has 0 aliphatic rings. The molecule has 0 aromatic heterocycles. The number of nitro benzene ring substituents is 1. The van der Waals surface area contributed by atoms with Crippen LogP contribution >= 0.6 is 0 Å². The Morgan fingerprint density at radius 1 is 0.679 bits per heavy atom. The maximum atomic E-state index is 11.1. The summed E-state index contributed by atoms with van der Waals surface area (Å²) < 4.78 is 0. The number of aromatic carboxylic acids is 2.